The summed E-state index contributed by atoms with van der Waals surface area (Å²) < 4.78 is 0. The number of nitrogens with one attached hydrogen (secondary N) is 2. The third-order valence-corrected chi connectivity index (χ3v) is 5.45. The van der Waals surface area contributed by atoms with E-state index in [0.717, 1.165) is 32.1 Å². The molecule has 2 aliphatic rings. The summed E-state index contributed by atoms with van der Waals surface area (Å²) in [6.45, 7) is 4.96. The SMILES string of the molecule is CCNC(C)C(=O)NC(C(=O)N1CCCC1C(N)=O)C1CCCCC1. The Morgan fingerprint density at radius 2 is 1.80 bits per heavy atom. The molecule has 1 aliphatic carbocycles. The molecule has 7 heteroatoms. The number of primary amides is 1. The molecule has 4 N–H and O–H groups in total. The number of carbonyl (C=O) groups excluding carboxylic acids is 3. The van der Waals surface area contributed by atoms with Crippen LogP contribution in [0, 0.1) is 5.92 Å². The van der Waals surface area contributed by atoms with Gasteiger partial charge in [0.2, 0.25) is 17.7 Å². The van der Waals surface area contributed by atoms with E-state index in [0.29, 0.717) is 19.5 Å². The lowest BCUT2D eigenvalue weighted by Crippen LogP contribution is -2.58. The minimum Gasteiger partial charge on any atom is -0.368 e. The molecule has 1 saturated carbocycles. The smallest absolute Gasteiger partial charge is 0.246 e. The van der Waals surface area contributed by atoms with Crippen LogP contribution in [-0.4, -0.2) is 53.8 Å². The van der Waals surface area contributed by atoms with Crippen LogP contribution < -0.4 is 16.4 Å². The molecule has 0 aromatic carbocycles. The maximum absolute atomic E-state index is 13.2. The maximum Gasteiger partial charge on any atom is 0.246 e. The molecule has 1 saturated heterocycles. The highest BCUT2D eigenvalue weighted by Gasteiger charge is 2.40. The quantitative estimate of drug-likeness (QED) is 0.621. The van der Waals surface area contributed by atoms with E-state index in [1.165, 1.54) is 6.42 Å². The summed E-state index contributed by atoms with van der Waals surface area (Å²) >= 11 is 0. The number of nitrogens with two attached hydrogens (primary N) is 1. The first kappa shape index (κ1) is 19.7. The minimum absolute atomic E-state index is 0.133. The Bertz CT molecular complexity index is 491. The Labute approximate surface area is 150 Å². The number of carbonyl (C=O) groups is 3. The molecule has 142 valence electrons. The van der Waals surface area contributed by atoms with Gasteiger partial charge in [0.15, 0.2) is 0 Å². The van der Waals surface area contributed by atoms with Gasteiger partial charge in [-0.05, 0) is 45.1 Å². The topological polar surface area (TPSA) is 105 Å². The molecule has 3 atom stereocenters. The minimum atomic E-state index is -0.561. The highest BCUT2D eigenvalue weighted by Crippen LogP contribution is 2.29. The van der Waals surface area contributed by atoms with Gasteiger partial charge in [-0.15, -0.1) is 0 Å². The van der Waals surface area contributed by atoms with E-state index in [1.54, 1.807) is 11.8 Å². The van der Waals surface area contributed by atoms with Crippen LogP contribution >= 0.6 is 0 Å². The second kappa shape index (κ2) is 9.17. The maximum atomic E-state index is 13.2. The van der Waals surface area contributed by atoms with Crippen molar-refractivity contribution in [2.45, 2.75) is 76.9 Å². The largest absolute Gasteiger partial charge is 0.368 e. The van der Waals surface area contributed by atoms with Crippen molar-refractivity contribution in [3.05, 3.63) is 0 Å². The van der Waals surface area contributed by atoms with Crippen molar-refractivity contribution in [1.29, 1.82) is 0 Å². The van der Waals surface area contributed by atoms with E-state index in [2.05, 4.69) is 10.6 Å². The second-order valence-electron chi connectivity index (χ2n) is 7.26. The van der Waals surface area contributed by atoms with Gasteiger partial charge in [0.25, 0.3) is 0 Å². The van der Waals surface area contributed by atoms with Gasteiger partial charge < -0.3 is 21.3 Å². The Kier molecular flexibility index (Phi) is 7.23. The zero-order valence-corrected chi connectivity index (χ0v) is 15.4. The summed E-state index contributed by atoms with van der Waals surface area (Å²) in [7, 11) is 0. The van der Waals surface area contributed by atoms with Crippen molar-refractivity contribution >= 4 is 17.7 Å². The highest BCUT2D eigenvalue weighted by molar-refractivity contribution is 5.93. The summed E-state index contributed by atoms with van der Waals surface area (Å²) in [4.78, 5) is 38.9. The monoisotopic (exact) mass is 352 g/mol. The second-order valence-corrected chi connectivity index (χ2v) is 7.26. The molecule has 1 aliphatic heterocycles. The standard InChI is InChI=1S/C18H32N4O3/c1-3-20-12(2)17(24)21-15(13-8-5-4-6-9-13)18(25)22-11-7-10-14(22)16(19)23/h12-15,20H,3-11H2,1-2H3,(H2,19,23)(H,21,24). The number of likely N-dealkylation sites (tertiary alicyclic amines) is 1. The van der Waals surface area contributed by atoms with Crippen LogP contribution in [0.25, 0.3) is 0 Å². The first-order chi connectivity index (χ1) is 12.0. The van der Waals surface area contributed by atoms with E-state index in [-0.39, 0.29) is 23.8 Å². The third kappa shape index (κ3) is 4.93. The van der Waals surface area contributed by atoms with Crippen molar-refractivity contribution < 1.29 is 14.4 Å². The van der Waals surface area contributed by atoms with Gasteiger partial charge in [0.1, 0.15) is 12.1 Å². The Balaban J connectivity index is 2.14. The van der Waals surface area contributed by atoms with E-state index in [4.69, 9.17) is 5.73 Å². The van der Waals surface area contributed by atoms with E-state index >= 15 is 0 Å². The first-order valence-electron chi connectivity index (χ1n) is 9.59. The van der Waals surface area contributed by atoms with E-state index in [1.807, 2.05) is 6.92 Å². The average molecular weight is 352 g/mol. The lowest BCUT2D eigenvalue weighted by Gasteiger charge is -2.34. The van der Waals surface area contributed by atoms with Crippen LogP contribution in [0.2, 0.25) is 0 Å². The normalized spacial score (nSPS) is 23.9. The Hall–Kier alpha value is -1.63. The molecule has 0 aromatic rings. The molecule has 3 amide bonds. The lowest BCUT2D eigenvalue weighted by atomic mass is 9.83. The third-order valence-electron chi connectivity index (χ3n) is 5.45. The molecule has 2 rings (SSSR count). The number of amides is 3. The summed E-state index contributed by atoms with van der Waals surface area (Å²) in [5, 5.41) is 6.04. The molecule has 0 spiro atoms. The lowest BCUT2D eigenvalue weighted by molar-refractivity contribution is -0.142. The van der Waals surface area contributed by atoms with Crippen molar-refractivity contribution in [1.82, 2.24) is 15.5 Å². The predicted molar refractivity (Wildman–Crippen MR) is 95.6 cm³/mol. The van der Waals surface area contributed by atoms with Crippen LogP contribution in [0.15, 0.2) is 0 Å². The zero-order valence-electron chi connectivity index (χ0n) is 15.4. The number of hydrogen-bond donors (Lipinski definition) is 3. The first-order valence-corrected chi connectivity index (χ1v) is 9.59. The van der Waals surface area contributed by atoms with Crippen molar-refractivity contribution in [2.24, 2.45) is 11.7 Å². The number of hydrogen-bond acceptors (Lipinski definition) is 4. The molecule has 25 heavy (non-hydrogen) atoms. The molecule has 0 aromatic heterocycles. The Morgan fingerprint density at radius 1 is 1.12 bits per heavy atom. The van der Waals surface area contributed by atoms with Gasteiger partial charge >= 0.3 is 0 Å². The van der Waals surface area contributed by atoms with Crippen molar-refractivity contribution in [3.63, 3.8) is 0 Å². The van der Waals surface area contributed by atoms with E-state index in [9.17, 15) is 14.4 Å². The molecule has 0 bridgehead atoms. The zero-order chi connectivity index (χ0) is 18.4. The highest BCUT2D eigenvalue weighted by atomic mass is 16.2. The molecular weight excluding hydrogens is 320 g/mol. The van der Waals surface area contributed by atoms with Gasteiger partial charge in [0, 0.05) is 6.54 Å². The fourth-order valence-electron chi connectivity index (χ4n) is 4.03. The van der Waals surface area contributed by atoms with E-state index < -0.39 is 18.0 Å². The molecule has 3 unspecified atom stereocenters. The van der Waals surface area contributed by atoms with Crippen molar-refractivity contribution in [3.8, 4) is 0 Å². The van der Waals surface area contributed by atoms with Crippen LogP contribution in [0.4, 0.5) is 0 Å². The summed E-state index contributed by atoms with van der Waals surface area (Å²) in [6, 6.07) is -1.45. The van der Waals surface area contributed by atoms with Crippen molar-refractivity contribution in [2.75, 3.05) is 13.1 Å². The van der Waals surface area contributed by atoms with Crippen LogP contribution in [-0.2, 0) is 14.4 Å². The average Bonchev–Trinajstić information content (AvgIpc) is 3.10. The predicted octanol–water partition coefficient (Wildman–Crippen LogP) is 0.526. The van der Waals surface area contributed by atoms with Crippen LogP contribution in [0.5, 0.6) is 0 Å². The molecule has 2 fully saturated rings. The molecule has 1 heterocycles. The van der Waals surface area contributed by atoms with Crippen LogP contribution in [0.1, 0.15) is 58.8 Å². The van der Waals surface area contributed by atoms with Gasteiger partial charge in [-0.3, -0.25) is 14.4 Å². The summed E-state index contributed by atoms with van der Waals surface area (Å²) in [5.74, 6) is -0.639. The summed E-state index contributed by atoms with van der Waals surface area (Å²) in [6.07, 6.45) is 6.58. The van der Waals surface area contributed by atoms with Gasteiger partial charge in [-0.2, -0.15) is 0 Å². The van der Waals surface area contributed by atoms with Gasteiger partial charge in [-0.25, -0.2) is 0 Å². The number of nitrogens with zero attached hydrogens (tertiary/aromatic N) is 1. The fraction of sp³-hybridized carbons (Fsp3) is 0.833. The summed E-state index contributed by atoms with van der Waals surface area (Å²) in [5.41, 5.74) is 5.46. The van der Waals surface area contributed by atoms with Crippen LogP contribution in [0.3, 0.4) is 0 Å². The molecule has 7 nitrogen and oxygen atoms in total. The number of likely N-dealkylation sites (N-methyl/N-ethyl adjacent to an activating group) is 1. The Morgan fingerprint density at radius 3 is 2.40 bits per heavy atom. The van der Waals surface area contributed by atoms with Gasteiger partial charge in [0.05, 0.1) is 6.04 Å². The molecular formula is C18H32N4O3. The fourth-order valence-corrected chi connectivity index (χ4v) is 4.03. The number of rotatable bonds is 7. The molecule has 0 radical (unpaired) electrons. The van der Waals surface area contributed by atoms with Gasteiger partial charge in [-0.1, -0.05) is 26.2 Å².